The number of para-hydroxylation sites is 1. The second-order valence-corrected chi connectivity index (χ2v) is 8.82. The van der Waals surface area contributed by atoms with Crippen molar-refractivity contribution < 1.29 is 9.53 Å². The highest BCUT2D eigenvalue weighted by Crippen LogP contribution is 2.33. The molecule has 0 radical (unpaired) electrons. The zero-order valence-corrected chi connectivity index (χ0v) is 16.6. The number of aromatic nitrogens is 1. The van der Waals surface area contributed by atoms with E-state index in [4.69, 9.17) is 15.5 Å². The molecule has 27 heavy (non-hydrogen) atoms. The highest BCUT2D eigenvalue weighted by molar-refractivity contribution is 7.13. The van der Waals surface area contributed by atoms with Gasteiger partial charge in [0, 0.05) is 23.2 Å². The van der Waals surface area contributed by atoms with Crippen molar-refractivity contribution in [3.05, 3.63) is 35.3 Å². The average Bonchev–Trinajstić information content (AvgIpc) is 3.13. The number of piperidine rings is 3. The topological polar surface area (TPSA) is 80.5 Å². The maximum atomic E-state index is 12.5. The Morgan fingerprint density at radius 3 is 2.74 bits per heavy atom. The predicted octanol–water partition coefficient (Wildman–Crippen LogP) is 3.45. The average molecular weight is 387 g/mol. The molecule has 1 atom stereocenters. The van der Waals surface area contributed by atoms with Crippen molar-refractivity contribution in [3.8, 4) is 10.6 Å². The largest absolute Gasteiger partial charge is 0.445 e. The summed E-state index contributed by atoms with van der Waals surface area (Å²) in [5.41, 5.74) is 7.86. The molecular formula is C20H26N4O2S. The number of thiazole rings is 1. The minimum absolute atomic E-state index is 0.00147. The van der Waals surface area contributed by atoms with Crippen LogP contribution in [0.15, 0.2) is 29.6 Å². The number of nitrogens with zero attached hydrogens (tertiary/aromatic N) is 2. The van der Waals surface area contributed by atoms with E-state index in [0.29, 0.717) is 11.6 Å². The van der Waals surface area contributed by atoms with Gasteiger partial charge in [-0.1, -0.05) is 12.1 Å². The number of anilines is 1. The Kier molecular flexibility index (Phi) is 4.82. The van der Waals surface area contributed by atoms with Gasteiger partial charge in [0.2, 0.25) is 0 Å². The van der Waals surface area contributed by atoms with E-state index in [1.807, 2.05) is 43.5 Å². The number of benzene rings is 1. The molecule has 0 spiro atoms. The van der Waals surface area contributed by atoms with E-state index >= 15 is 0 Å². The summed E-state index contributed by atoms with van der Waals surface area (Å²) >= 11 is 1.53. The number of ether oxygens (including phenoxy) is 1. The van der Waals surface area contributed by atoms with Gasteiger partial charge in [0.25, 0.3) is 0 Å². The molecule has 3 saturated heterocycles. The number of hydrogen-bond acceptors (Lipinski definition) is 6. The summed E-state index contributed by atoms with van der Waals surface area (Å²) in [6.07, 6.45) is 1.87. The number of nitrogen functional groups attached to an aromatic ring is 1. The summed E-state index contributed by atoms with van der Waals surface area (Å²) in [6.45, 7) is 6.99. The number of carbonyl (C=O) groups is 1. The third-order valence-electron chi connectivity index (χ3n) is 5.60. The monoisotopic (exact) mass is 386 g/mol. The lowest BCUT2D eigenvalue weighted by Crippen LogP contribution is -2.53. The molecule has 7 heteroatoms. The van der Waals surface area contributed by atoms with E-state index in [-0.39, 0.29) is 12.2 Å². The molecule has 3 fully saturated rings. The summed E-state index contributed by atoms with van der Waals surface area (Å²) in [5.74, 6) is 0.496. The van der Waals surface area contributed by atoms with Crippen molar-refractivity contribution >= 4 is 23.1 Å². The molecule has 4 heterocycles. The van der Waals surface area contributed by atoms with Crippen LogP contribution in [-0.4, -0.2) is 41.7 Å². The fraction of sp³-hybridized carbons (Fsp3) is 0.500. The number of amides is 1. The fourth-order valence-corrected chi connectivity index (χ4v) is 4.94. The van der Waals surface area contributed by atoms with E-state index in [0.717, 1.165) is 48.7 Å². The van der Waals surface area contributed by atoms with E-state index < -0.39 is 5.54 Å². The fourth-order valence-electron chi connectivity index (χ4n) is 3.91. The Morgan fingerprint density at radius 2 is 2.07 bits per heavy atom. The number of alkyl carbamates (subject to hydrolysis) is 1. The lowest BCUT2D eigenvalue weighted by molar-refractivity contribution is -0.0350. The van der Waals surface area contributed by atoms with Gasteiger partial charge in [0.05, 0.1) is 11.2 Å². The maximum absolute atomic E-state index is 12.5. The van der Waals surface area contributed by atoms with Crippen molar-refractivity contribution in [1.82, 2.24) is 15.2 Å². The first-order valence-corrected chi connectivity index (χ1v) is 10.3. The molecule has 0 saturated carbocycles. The highest BCUT2D eigenvalue weighted by Gasteiger charge is 2.37. The van der Waals surface area contributed by atoms with Gasteiger partial charge in [-0.3, -0.25) is 4.90 Å². The molecule has 1 aromatic carbocycles. The summed E-state index contributed by atoms with van der Waals surface area (Å²) in [7, 11) is 0. The van der Waals surface area contributed by atoms with Gasteiger partial charge in [-0.05, 0) is 57.8 Å². The zero-order chi connectivity index (χ0) is 19.0. The van der Waals surface area contributed by atoms with Crippen molar-refractivity contribution in [2.24, 2.45) is 5.92 Å². The van der Waals surface area contributed by atoms with Crippen molar-refractivity contribution in [1.29, 1.82) is 0 Å². The lowest BCUT2D eigenvalue weighted by atomic mass is 9.86. The number of fused-ring (bicyclic) bond motifs is 3. The van der Waals surface area contributed by atoms with Crippen LogP contribution in [0.3, 0.4) is 0 Å². The smallest absolute Gasteiger partial charge is 0.408 e. The number of nitrogens with two attached hydrogens (primary N) is 1. The van der Waals surface area contributed by atoms with Gasteiger partial charge < -0.3 is 15.8 Å². The van der Waals surface area contributed by atoms with Gasteiger partial charge >= 0.3 is 6.09 Å². The summed E-state index contributed by atoms with van der Waals surface area (Å²) in [6, 6.07) is 7.68. The summed E-state index contributed by atoms with van der Waals surface area (Å²) in [4.78, 5) is 19.6. The van der Waals surface area contributed by atoms with Crippen molar-refractivity contribution in [2.75, 3.05) is 25.4 Å². The molecule has 5 rings (SSSR count). The molecule has 0 unspecified atom stereocenters. The molecule has 3 aliphatic rings. The number of hydrogen-bond donors (Lipinski definition) is 2. The molecule has 2 aromatic rings. The van der Waals surface area contributed by atoms with E-state index in [1.54, 1.807) is 0 Å². The second-order valence-electron chi connectivity index (χ2n) is 7.96. The van der Waals surface area contributed by atoms with E-state index in [2.05, 4.69) is 10.2 Å². The molecule has 3 N–H and O–H groups in total. The van der Waals surface area contributed by atoms with Crippen LogP contribution in [0.2, 0.25) is 0 Å². The Balaban J connectivity index is 1.42. The third-order valence-corrected chi connectivity index (χ3v) is 6.48. The minimum atomic E-state index is -0.622. The van der Waals surface area contributed by atoms with Crippen LogP contribution in [-0.2, 0) is 10.3 Å². The van der Waals surface area contributed by atoms with Crippen molar-refractivity contribution in [2.45, 2.75) is 38.3 Å². The Hall–Kier alpha value is -2.12. The summed E-state index contributed by atoms with van der Waals surface area (Å²) in [5, 5.41) is 5.81. The molecule has 3 aliphatic heterocycles. The Labute approximate surface area is 163 Å². The van der Waals surface area contributed by atoms with Crippen molar-refractivity contribution in [3.63, 3.8) is 0 Å². The van der Waals surface area contributed by atoms with Crippen LogP contribution in [0.1, 0.15) is 32.4 Å². The van der Waals surface area contributed by atoms with E-state index in [9.17, 15) is 4.79 Å². The van der Waals surface area contributed by atoms with Gasteiger partial charge in [-0.15, -0.1) is 11.3 Å². The minimum Gasteiger partial charge on any atom is -0.445 e. The van der Waals surface area contributed by atoms with Gasteiger partial charge in [-0.2, -0.15) is 0 Å². The normalized spacial score (nSPS) is 24.6. The van der Waals surface area contributed by atoms with Crippen LogP contribution in [0.25, 0.3) is 10.6 Å². The van der Waals surface area contributed by atoms with Crippen LogP contribution >= 0.6 is 11.3 Å². The number of nitrogens with one attached hydrogen (secondary N) is 1. The summed E-state index contributed by atoms with van der Waals surface area (Å²) < 4.78 is 5.76. The first-order chi connectivity index (χ1) is 12.9. The third kappa shape index (κ3) is 3.80. The predicted molar refractivity (Wildman–Crippen MR) is 108 cm³/mol. The van der Waals surface area contributed by atoms with Crippen LogP contribution in [0.4, 0.5) is 10.5 Å². The molecular weight excluding hydrogens is 360 g/mol. The second kappa shape index (κ2) is 7.13. The van der Waals surface area contributed by atoms with Crippen LogP contribution in [0, 0.1) is 5.92 Å². The molecule has 6 nitrogen and oxygen atoms in total. The first kappa shape index (κ1) is 18.3. The maximum Gasteiger partial charge on any atom is 0.408 e. The number of rotatable bonds is 4. The van der Waals surface area contributed by atoms with Crippen LogP contribution < -0.4 is 11.1 Å². The SMILES string of the molecule is CC(C)(NC(=O)O[C@@H]1CN2CCC1CC2)c1csc(-c2ccccc2N)n1. The van der Waals surface area contributed by atoms with Gasteiger partial charge in [0.1, 0.15) is 11.1 Å². The quantitative estimate of drug-likeness (QED) is 0.787. The lowest BCUT2D eigenvalue weighted by Gasteiger charge is -2.44. The van der Waals surface area contributed by atoms with Gasteiger partial charge in [0.15, 0.2) is 0 Å². The van der Waals surface area contributed by atoms with Gasteiger partial charge in [-0.25, -0.2) is 9.78 Å². The molecule has 2 bridgehead atoms. The molecule has 144 valence electrons. The Morgan fingerprint density at radius 1 is 1.33 bits per heavy atom. The standard InChI is InChI=1S/C20H26N4O2S/c1-20(2,17-12-27-18(22-17)14-5-3-4-6-15(14)21)23-19(25)26-16-11-24-9-7-13(16)8-10-24/h3-6,12-13,16H,7-11,21H2,1-2H3,(H,23,25)/t16-/m1/s1. The number of carbonyl (C=O) groups excluding carboxylic acids is 1. The molecule has 1 aromatic heterocycles. The van der Waals surface area contributed by atoms with E-state index in [1.165, 1.54) is 11.3 Å². The van der Waals surface area contributed by atoms with Crippen LogP contribution in [0.5, 0.6) is 0 Å². The molecule has 0 aliphatic carbocycles. The first-order valence-electron chi connectivity index (χ1n) is 9.44. The highest BCUT2D eigenvalue weighted by atomic mass is 32.1. The zero-order valence-electron chi connectivity index (χ0n) is 15.8. The molecule has 1 amide bonds. The Bertz CT molecular complexity index is 827.